The number of unbranched alkanes of at least 4 members (excludes halogenated alkanes) is 39. The number of ether oxygens (including phenoxy) is 4. The summed E-state index contributed by atoms with van der Waals surface area (Å²) < 4.78 is 22.9. The molecule has 14 heteroatoms. The molecule has 2 heterocycles. The lowest BCUT2D eigenvalue weighted by atomic mass is 9.97. The van der Waals surface area contributed by atoms with Gasteiger partial charge in [0.25, 0.3) is 0 Å². The molecule has 0 aliphatic carbocycles. The number of hydrogen-bond donors (Lipinski definition) is 9. The second-order valence-corrected chi connectivity index (χ2v) is 25.7. The van der Waals surface area contributed by atoms with Gasteiger partial charge in [0.15, 0.2) is 12.6 Å². The van der Waals surface area contributed by atoms with Crippen molar-refractivity contribution in [1.29, 1.82) is 0 Å². The summed E-state index contributed by atoms with van der Waals surface area (Å²) in [6.07, 6.45) is 58.5. The molecule has 2 fully saturated rings. The minimum Gasteiger partial charge on any atom is -0.394 e. The van der Waals surface area contributed by atoms with E-state index in [1.807, 2.05) is 0 Å². The summed E-state index contributed by atoms with van der Waals surface area (Å²) in [6, 6.07) is -0.828. The molecule has 0 saturated carbocycles. The Bertz CT molecular complexity index is 1640. The molecule has 0 bridgehead atoms. The van der Waals surface area contributed by atoms with Crippen molar-refractivity contribution in [2.45, 2.75) is 389 Å². The standard InChI is InChI=1S/C73H135NO13/c1-3-5-7-9-11-13-15-17-19-21-23-24-25-26-27-28-29-30-31-32-33-34-35-36-37-38-39-41-43-45-47-49-51-53-55-57-65(78)74-61(62(77)56-54-52-50-48-46-44-42-40-22-20-18-16-14-12-10-8-6-4-2)60-84-72-70(83)68(81)71(64(59-76)86-72)87-73-69(82)67(80)66(79)63(58-75)85-73/h5,7,11,13,17,19,23-24,61-64,66-73,75-77,79-83H,3-4,6,8-10,12,14-16,18,20-22,25-60H2,1-2H3,(H,74,78)/b7-5-,13-11-,19-17-,24-23-. The summed E-state index contributed by atoms with van der Waals surface area (Å²) in [6.45, 7) is 2.79. The van der Waals surface area contributed by atoms with Crippen LogP contribution in [0.3, 0.4) is 0 Å². The largest absolute Gasteiger partial charge is 0.394 e. The van der Waals surface area contributed by atoms with E-state index >= 15 is 0 Å². The lowest BCUT2D eigenvalue weighted by Crippen LogP contribution is -2.65. The van der Waals surface area contributed by atoms with Crippen LogP contribution < -0.4 is 5.32 Å². The highest BCUT2D eigenvalue weighted by Gasteiger charge is 2.51. The molecule has 2 aliphatic rings. The Kier molecular flexibility index (Phi) is 53.9. The maximum Gasteiger partial charge on any atom is 0.220 e. The fourth-order valence-electron chi connectivity index (χ4n) is 12.1. The number of allylic oxidation sites excluding steroid dienone is 8. The normalized spacial score (nSPS) is 23.5. The van der Waals surface area contributed by atoms with Gasteiger partial charge in [-0.3, -0.25) is 4.79 Å². The van der Waals surface area contributed by atoms with Gasteiger partial charge >= 0.3 is 0 Å². The SMILES string of the molecule is CC/C=C\C/C=C\C/C=C\C/C=C\CCCCCCCCCCCCCCCCCCCCCCCCC(=O)NC(COC1OC(CO)C(OC2OC(CO)C(O)C(O)C2O)C(O)C1O)C(O)CCCCCCCCCCCCCCCCCCCC. The molecule has 12 atom stereocenters. The van der Waals surface area contributed by atoms with Crippen molar-refractivity contribution in [3.05, 3.63) is 48.6 Å². The first-order chi connectivity index (χ1) is 42.6. The van der Waals surface area contributed by atoms with E-state index < -0.39 is 86.8 Å². The third-order valence-electron chi connectivity index (χ3n) is 17.8. The molecule has 0 aromatic rings. The molecule has 9 N–H and O–H groups in total. The molecule has 12 unspecified atom stereocenters. The maximum absolute atomic E-state index is 13.4. The van der Waals surface area contributed by atoms with E-state index in [-0.39, 0.29) is 12.5 Å². The Morgan fingerprint density at radius 3 is 1.22 bits per heavy atom. The third kappa shape index (κ3) is 41.9. The van der Waals surface area contributed by atoms with Crippen LogP contribution in [0, 0.1) is 0 Å². The van der Waals surface area contributed by atoms with E-state index in [4.69, 9.17) is 18.9 Å². The van der Waals surface area contributed by atoms with Gasteiger partial charge in [-0.1, -0.05) is 306 Å². The van der Waals surface area contributed by atoms with Crippen LogP contribution in [-0.4, -0.2) is 140 Å². The summed E-state index contributed by atoms with van der Waals surface area (Å²) in [5.41, 5.74) is 0. The van der Waals surface area contributed by atoms with Crippen molar-refractivity contribution in [3.8, 4) is 0 Å². The van der Waals surface area contributed by atoms with Gasteiger partial charge in [0.1, 0.15) is 48.8 Å². The summed E-state index contributed by atoms with van der Waals surface area (Å²) >= 11 is 0. The van der Waals surface area contributed by atoms with Gasteiger partial charge in [0.05, 0.1) is 32.0 Å². The van der Waals surface area contributed by atoms with E-state index in [0.29, 0.717) is 12.8 Å². The van der Waals surface area contributed by atoms with Gasteiger partial charge in [-0.2, -0.15) is 0 Å². The highest BCUT2D eigenvalue weighted by atomic mass is 16.7. The Morgan fingerprint density at radius 2 is 0.793 bits per heavy atom. The molecule has 14 nitrogen and oxygen atoms in total. The maximum atomic E-state index is 13.4. The first kappa shape index (κ1) is 81.0. The summed E-state index contributed by atoms with van der Waals surface area (Å²) in [7, 11) is 0. The second kappa shape index (κ2) is 57.8. The first-order valence-corrected chi connectivity index (χ1v) is 36.4. The predicted octanol–water partition coefficient (Wildman–Crippen LogP) is 15.1. The fourth-order valence-corrected chi connectivity index (χ4v) is 12.1. The molecule has 0 spiro atoms. The highest BCUT2D eigenvalue weighted by molar-refractivity contribution is 5.76. The molecule has 0 aromatic carbocycles. The average molecular weight is 1230 g/mol. The van der Waals surface area contributed by atoms with Gasteiger partial charge in [0.2, 0.25) is 5.91 Å². The van der Waals surface area contributed by atoms with Crippen LogP contribution >= 0.6 is 0 Å². The Morgan fingerprint density at radius 1 is 0.425 bits per heavy atom. The minimum atomic E-state index is -1.78. The summed E-state index contributed by atoms with van der Waals surface area (Å²) in [4.78, 5) is 13.4. The van der Waals surface area contributed by atoms with Crippen LogP contribution in [0.25, 0.3) is 0 Å². The van der Waals surface area contributed by atoms with Crippen molar-refractivity contribution in [1.82, 2.24) is 5.32 Å². The quantitative estimate of drug-likeness (QED) is 0.0204. The predicted molar refractivity (Wildman–Crippen MR) is 355 cm³/mol. The van der Waals surface area contributed by atoms with Gasteiger partial charge in [-0.05, 0) is 51.4 Å². The van der Waals surface area contributed by atoms with Crippen LogP contribution in [0.15, 0.2) is 48.6 Å². The Labute approximate surface area is 531 Å². The second-order valence-electron chi connectivity index (χ2n) is 25.7. The molecule has 2 saturated heterocycles. The minimum absolute atomic E-state index is 0.201. The number of aliphatic hydroxyl groups is 8. The molecule has 87 heavy (non-hydrogen) atoms. The van der Waals surface area contributed by atoms with E-state index in [1.165, 1.54) is 212 Å². The smallest absolute Gasteiger partial charge is 0.220 e. The van der Waals surface area contributed by atoms with Crippen molar-refractivity contribution < 1.29 is 64.6 Å². The van der Waals surface area contributed by atoms with Crippen LogP contribution in [0.4, 0.5) is 0 Å². The third-order valence-corrected chi connectivity index (χ3v) is 17.8. The van der Waals surface area contributed by atoms with E-state index in [9.17, 15) is 45.6 Å². The number of aliphatic hydroxyl groups excluding tert-OH is 8. The fraction of sp³-hybridized carbons (Fsp3) is 0.877. The van der Waals surface area contributed by atoms with Crippen LogP contribution in [0.2, 0.25) is 0 Å². The number of carbonyl (C=O) groups excluding carboxylic acids is 1. The molecule has 0 radical (unpaired) electrons. The number of carbonyl (C=O) groups is 1. The van der Waals surface area contributed by atoms with Crippen molar-refractivity contribution >= 4 is 5.91 Å². The van der Waals surface area contributed by atoms with Crippen molar-refractivity contribution in [2.75, 3.05) is 19.8 Å². The molecule has 0 aromatic heterocycles. The Hall–Kier alpha value is -2.05. The molecule has 1 amide bonds. The van der Waals surface area contributed by atoms with E-state index in [2.05, 4.69) is 67.8 Å². The monoisotopic (exact) mass is 1230 g/mol. The van der Waals surface area contributed by atoms with Gasteiger partial charge in [-0.25, -0.2) is 0 Å². The molecular weight excluding hydrogens is 1100 g/mol. The first-order valence-electron chi connectivity index (χ1n) is 36.4. The lowest BCUT2D eigenvalue weighted by Gasteiger charge is -2.46. The molecule has 510 valence electrons. The van der Waals surface area contributed by atoms with E-state index in [1.54, 1.807) is 0 Å². The van der Waals surface area contributed by atoms with Crippen LogP contribution in [0.1, 0.15) is 316 Å². The zero-order chi connectivity index (χ0) is 63.1. The van der Waals surface area contributed by atoms with Gasteiger partial charge in [0, 0.05) is 6.42 Å². The zero-order valence-electron chi connectivity index (χ0n) is 55.5. The zero-order valence-corrected chi connectivity index (χ0v) is 55.5. The average Bonchev–Trinajstić information content (AvgIpc) is 3.71. The summed E-state index contributed by atoms with van der Waals surface area (Å²) in [5, 5.41) is 87.6. The van der Waals surface area contributed by atoms with Gasteiger partial charge < -0.3 is 65.1 Å². The number of amides is 1. The topological polar surface area (TPSA) is 228 Å². The summed E-state index contributed by atoms with van der Waals surface area (Å²) in [5.74, 6) is -0.201. The highest BCUT2D eigenvalue weighted by Crippen LogP contribution is 2.30. The number of hydrogen-bond acceptors (Lipinski definition) is 13. The molecule has 2 aliphatic heterocycles. The van der Waals surface area contributed by atoms with Crippen molar-refractivity contribution in [2.24, 2.45) is 0 Å². The van der Waals surface area contributed by atoms with Crippen molar-refractivity contribution in [3.63, 3.8) is 0 Å². The molecule has 2 rings (SSSR count). The van der Waals surface area contributed by atoms with Gasteiger partial charge in [-0.15, -0.1) is 0 Å². The van der Waals surface area contributed by atoms with E-state index in [0.717, 1.165) is 77.0 Å². The number of rotatable bonds is 60. The lowest BCUT2D eigenvalue weighted by molar-refractivity contribution is -0.359. The molecular formula is C73H135NO13. The van der Waals surface area contributed by atoms with Crippen LogP contribution in [-0.2, 0) is 23.7 Å². The van der Waals surface area contributed by atoms with Crippen LogP contribution in [0.5, 0.6) is 0 Å². The number of nitrogens with one attached hydrogen (secondary N) is 1. The Balaban J connectivity index is 1.60.